The lowest BCUT2D eigenvalue weighted by atomic mass is 9.99. The maximum atomic E-state index is 12.6. The van der Waals surface area contributed by atoms with E-state index in [-0.39, 0.29) is 31.7 Å². The molecule has 0 fully saturated rings. The molecule has 2 heterocycles. The number of nitrogens with one attached hydrogen (secondary N) is 2. The molecule has 0 aromatic heterocycles. The maximum Gasteiger partial charge on any atom is 0.317 e. The highest BCUT2D eigenvalue weighted by molar-refractivity contribution is 5.78. The van der Waals surface area contributed by atoms with Crippen LogP contribution in [0.4, 0.5) is 4.79 Å². The quantitative estimate of drug-likeness (QED) is 0.684. The Kier molecular flexibility index (Phi) is 6.53. The molecular weight excluding hydrogens is 414 g/mol. The zero-order chi connectivity index (χ0) is 22.5. The van der Waals surface area contributed by atoms with E-state index in [1.54, 1.807) is 19.1 Å². The van der Waals surface area contributed by atoms with Crippen molar-refractivity contribution >= 4 is 11.9 Å². The largest absolute Gasteiger partial charge is 0.493 e. The van der Waals surface area contributed by atoms with Crippen LogP contribution in [-0.4, -0.2) is 50.9 Å². The van der Waals surface area contributed by atoms with E-state index >= 15 is 0 Å². The van der Waals surface area contributed by atoms with Crippen LogP contribution in [-0.2, 0) is 24.3 Å². The molecule has 0 atom stereocenters. The molecule has 2 aliphatic heterocycles. The normalized spacial score (nSPS) is 13.9. The van der Waals surface area contributed by atoms with Gasteiger partial charge in [0.15, 0.2) is 23.0 Å². The van der Waals surface area contributed by atoms with Crippen LogP contribution in [0.5, 0.6) is 23.0 Å². The summed E-state index contributed by atoms with van der Waals surface area (Å²) >= 11 is 0. The van der Waals surface area contributed by atoms with E-state index in [0.29, 0.717) is 42.6 Å². The van der Waals surface area contributed by atoms with E-state index in [4.69, 9.17) is 18.9 Å². The van der Waals surface area contributed by atoms with Gasteiger partial charge in [0.25, 0.3) is 0 Å². The SMILES string of the molecule is COc1cc2c(cc1OC)CN(C(=O)NCCC(=O)NCc1ccc3c(c1)OCO3)CC2. The van der Waals surface area contributed by atoms with Crippen molar-refractivity contribution in [2.45, 2.75) is 25.9 Å². The highest BCUT2D eigenvalue weighted by Crippen LogP contribution is 2.33. The van der Waals surface area contributed by atoms with Gasteiger partial charge in [0.2, 0.25) is 12.7 Å². The third-order valence-corrected chi connectivity index (χ3v) is 5.56. The molecule has 0 saturated carbocycles. The van der Waals surface area contributed by atoms with E-state index < -0.39 is 0 Å². The second-order valence-electron chi connectivity index (χ2n) is 7.59. The second-order valence-corrected chi connectivity index (χ2v) is 7.59. The van der Waals surface area contributed by atoms with Crippen molar-refractivity contribution in [3.63, 3.8) is 0 Å². The van der Waals surface area contributed by atoms with Gasteiger partial charge in [0.1, 0.15) is 0 Å². The first-order valence-corrected chi connectivity index (χ1v) is 10.5. The summed E-state index contributed by atoms with van der Waals surface area (Å²) < 4.78 is 21.3. The Labute approximate surface area is 186 Å². The molecule has 2 N–H and O–H groups in total. The Balaban J connectivity index is 1.21. The zero-order valence-electron chi connectivity index (χ0n) is 18.2. The molecule has 0 saturated heterocycles. The number of fused-ring (bicyclic) bond motifs is 2. The number of hydrogen-bond donors (Lipinski definition) is 2. The van der Waals surface area contributed by atoms with Crippen molar-refractivity contribution in [3.05, 3.63) is 47.0 Å². The molecule has 9 nitrogen and oxygen atoms in total. The fourth-order valence-corrected chi connectivity index (χ4v) is 3.79. The molecule has 0 spiro atoms. The minimum atomic E-state index is -0.186. The molecule has 170 valence electrons. The van der Waals surface area contributed by atoms with Crippen LogP contribution in [0.2, 0.25) is 0 Å². The Hall–Kier alpha value is -3.62. The highest BCUT2D eigenvalue weighted by atomic mass is 16.7. The van der Waals surface area contributed by atoms with Gasteiger partial charge in [-0.15, -0.1) is 0 Å². The second kappa shape index (κ2) is 9.67. The molecule has 4 rings (SSSR count). The lowest BCUT2D eigenvalue weighted by Crippen LogP contribution is -2.43. The predicted molar refractivity (Wildman–Crippen MR) is 116 cm³/mol. The molecule has 2 aliphatic rings. The molecule has 3 amide bonds. The molecule has 9 heteroatoms. The van der Waals surface area contributed by atoms with Crippen molar-refractivity contribution in [1.82, 2.24) is 15.5 Å². The third-order valence-electron chi connectivity index (χ3n) is 5.56. The zero-order valence-corrected chi connectivity index (χ0v) is 18.2. The molecule has 2 aromatic carbocycles. The van der Waals surface area contributed by atoms with Gasteiger partial charge in [-0.25, -0.2) is 4.79 Å². The number of carbonyl (C=O) groups excluding carboxylic acids is 2. The topological polar surface area (TPSA) is 98.4 Å². The van der Waals surface area contributed by atoms with Gasteiger partial charge >= 0.3 is 6.03 Å². The molecular formula is C23H27N3O6. The van der Waals surface area contributed by atoms with Gasteiger partial charge < -0.3 is 34.5 Å². The minimum absolute atomic E-state index is 0.135. The van der Waals surface area contributed by atoms with Gasteiger partial charge in [0.05, 0.1) is 14.2 Å². The van der Waals surface area contributed by atoms with Crippen molar-refractivity contribution < 1.29 is 28.5 Å². The molecule has 32 heavy (non-hydrogen) atoms. The summed E-state index contributed by atoms with van der Waals surface area (Å²) in [7, 11) is 3.20. The van der Waals surface area contributed by atoms with Gasteiger partial charge in [-0.3, -0.25) is 4.79 Å². The van der Waals surface area contributed by atoms with Crippen molar-refractivity contribution in [1.29, 1.82) is 0 Å². The first-order valence-electron chi connectivity index (χ1n) is 10.5. The van der Waals surface area contributed by atoms with Crippen molar-refractivity contribution in [2.75, 3.05) is 34.1 Å². The first kappa shape index (κ1) is 21.6. The summed E-state index contributed by atoms with van der Waals surface area (Å²) in [6, 6.07) is 9.25. The van der Waals surface area contributed by atoms with Crippen LogP contribution in [0.25, 0.3) is 0 Å². The molecule has 0 bridgehead atoms. The number of urea groups is 1. The van der Waals surface area contributed by atoms with Crippen LogP contribution in [0.1, 0.15) is 23.1 Å². The number of benzene rings is 2. The number of methoxy groups -OCH3 is 2. The Morgan fingerprint density at radius 3 is 2.53 bits per heavy atom. The minimum Gasteiger partial charge on any atom is -0.493 e. The molecule has 2 aromatic rings. The van der Waals surface area contributed by atoms with Crippen LogP contribution in [0.15, 0.2) is 30.3 Å². The van der Waals surface area contributed by atoms with E-state index in [1.807, 2.05) is 30.3 Å². The van der Waals surface area contributed by atoms with Gasteiger partial charge in [-0.2, -0.15) is 0 Å². The average Bonchev–Trinajstić information content (AvgIpc) is 3.29. The standard InChI is InChI=1S/C23H27N3O6/c1-29-19-10-16-6-8-26(13-17(16)11-20(19)30-2)23(28)24-7-5-22(27)25-12-15-3-4-18-21(9-15)32-14-31-18/h3-4,9-11H,5-8,12-14H2,1-2H3,(H,24,28)(H,25,27). The van der Waals surface area contributed by atoms with Crippen LogP contribution < -0.4 is 29.6 Å². The summed E-state index contributed by atoms with van der Waals surface area (Å²) in [6.45, 7) is 1.95. The summed E-state index contributed by atoms with van der Waals surface area (Å²) in [5.74, 6) is 2.59. The summed E-state index contributed by atoms with van der Waals surface area (Å²) in [5.41, 5.74) is 3.10. The highest BCUT2D eigenvalue weighted by Gasteiger charge is 2.23. The number of rotatable bonds is 7. The van der Waals surface area contributed by atoms with E-state index in [9.17, 15) is 9.59 Å². The average molecular weight is 441 g/mol. The Morgan fingerprint density at radius 1 is 1.00 bits per heavy atom. The first-order chi connectivity index (χ1) is 15.6. The third kappa shape index (κ3) is 4.82. The number of amides is 3. The smallest absolute Gasteiger partial charge is 0.317 e. The van der Waals surface area contributed by atoms with E-state index in [2.05, 4.69) is 10.6 Å². The van der Waals surface area contributed by atoms with Gasteiger partial charge in [-0.05, 0) is 47.4 Å². The summed E-state index contributed by atoms with van der Waals surface area (Å²) in [6.07, 6.45) is 0.935. The fraction of sp³-hybridized carbons (Fsp3) is 0.391. The lowest BCUT2D eigenvalue weighted by Gasteiger charge is -2.29. The summed E-state index contributed by atoms with van der Waals surface area (Å²) in [5, 5.41) is 5.69. The van der Waals surface area contributed by atoms with Gasteiger partial charge in [0, 0.05) is 32.6 Å². The van der Waals surface area contributed by atoms with Crippen molar-refractivity contribution in [2.24, 2.45) is 0 Å². The summed E-state index contributed by atoms with van der Waals surface area (Å²) in [4.78, 5) is 26.4. The Morgan fingerprint density at radius 2 is 1.75 bits per heavy atom. The number of nitrogens with zero attached hydrogens (tertiary/aromatic N) is 1. The molecule has 0 aliphatic carbocycles. The maximum absolute atomic E-state index is 12.6. The molecule has 0 radical (unpaired) electrons. The number of ether oxygens (including phenoxy) is 4. The molecule has 0 unspecified atom stereocenters. The number of carbonyl (C=O) groups is 2. The van der Waals surface area contributed by atoms with E-state index in [0.717, 1.165) is 23.1 Å². The number of hydrogen-bond acceptors (Lipinski definition) is 6. The van der Waals surface area contributed by atoms with Gasteiger partial charge in [-0.1, -0.05) is 6.07 Å². The lowest BCUT2D eigenvalue weighted by molar-refractivity contribution is -0.121. The van der Waals surface area contributed by atoms with E-state index in [1.165, 1.54) is 0 Å². The Bertz CT molecular complexity index is 1010. The fourth-order valence-electron chi connectivity index (χ4n) is 3.79. The van der Waals surface area contributed by atoms with Crippen LogP contribution >= 0.6 is 0 Å². The van der Waals surface area contributed by atoms with Crippen molar-refractivity contribution in [3.8, 4) is 23.0 Å². The predicted octanol–water partition coefficient (Wildman–Crippen LogP) is 2.21. The van der Waals surface area contributed by atoms with Crippen LogP contribution in [0, 0.1) is 0 Å². The van der Waals surface area contributed by atoms with Crippen LogP contribution in [0.3, 0.4) is 0 Å². The monoisotopic (exact) mass is 441 g/mol.